The van der Waals surface area contributed by atoms with E-state index in [9.17, 15) is 19.5 Å². The summed E-state index contributed by atoms with van der Waals surface area (Å²) in [6.07, 6.45) is 66.2. The summed E-state index contributed by atoms with van der Waals surface area (Å²) in [6.45, 7) is 4.73. The summed E-state index contributed by atoms with van der Waals surface area (Å²) in [5.41, 5.74) is 0. The molecule has 0 aromatic heterocycles. The van der Waals surface area contributed by atoms with Crippen LogP contribution in [0.25, 0.3) is 0 Å². The molecule has 0 radical (unpaired) electrons. The Hall–Kier alpha value is -3.79. The van der Waals surface area contributed by atoms with Gasteiger partial charge in [0.1, 0.15) is 13.2 Å². The molecule has 0 aliphatic rings. The number of carboxylic acid groups (broad SMARTS) is 1. The summed E-state index contributed by atoms with van der Waals surface area (Å²) >= 11 is 0. The third-order valence-electron chi connectivity index (χ3n) is 11.6. The molecular formula is C61H104NO8+. The van der Waals surface area contributed by atoms with Gasteiger partial charge in [-0.1, -0.05) is 201 Å². The van der Waals surface area contributed by atoms with Crippen molar-refractivity contribution in [1.82, 2.24) is 0 Å². The van der Waals surface area contributed by atoms with Gasteiger partial charge >= 0.3 is 17.9 Å². The van der Waals surface area contributed by atoms with Crippen LogP contribution in [0.3, 0.4) is 0 Å². The molecule has 0 amide bonds. The second-order valence-corrected chi connectivity index (χ2v) is 19.5. The Morgan fingerprint density at radius 2 is 0.814 bits per heavy atom. The summed E-state index contributed by atoms with van der Waals surface area (Å²) in [5, 5.41) is 9.69. The van der Waals surface area contributed by atoms with Gasteiger partial charge in [0, 0.05) is 12.8 Å². The van der Waals surface area contributed by atoms with Gasteiger partial charge in [-0.3, -0.25) is 9.59 Å². The first-order chi connectivity index (χ1) is 34.1. The Bertz CT molecular complexity index is 1470. The van der Waals surface area contributed by atoms with E-state index in [1.54, 1.807) is 0 Å². The van der Waals surface area contributed by atoms with Crippen molar-refractivity contribution < 1.29 is 42.9 Å². The first-order valence-electron chi connectivity index (χ1n) is 27.9. The molecule has 0 spiro atoms. The maximum Gasteiger partial charge on any atom is 0.361 e. The molecule has 0 saturated heterocycles. The van der Waals surface area contributed by atoms with Crippen molar-refractivity contribution in [2.24, 2.45) is 0 Å². The Balaban J connectivity index is 4.32. The van der Waals surface area contributed by atoms with Crippen LogP contribution in [0.15, 0.2) is 97.2 Å². The third-order valence-corrected chi connectivity index (χ3v) is 11.6. The number of ether oxygens (including phenoxy) is 4. The smallest absolute Gasteiger partial charge is 0.361 e. The summed E-state index contributed by atoms with van der Waals surface area (Å²) < 4.78 is 22.8. The van der Waals surface area contributed by atoms with E-state index in [4.69, 9.17) is 18.9 Å². The van der Waals surface area contributed by atoms with Crippen molar-refractivity contribution >= 4 is 17.9 Å². The Morgan fingerprint density at radius 1 is 0.443 bits per heavy atom. The van der Waals surface area contributed by atoms with E-state index in [0.29, 0.717) is 17.4 Å². The second-order valence-electron chi connectivity index (χ2n) is 19.5. The monoisotopic (exact) mass is 979 g/mol. The Labute approximate surface area is 429 Å². The molecule has 0 aromatic carbocycles. The zero-order chi connectivity index (χ0) is 51.3. The number of allylic oxidation sites excluding steroid dienone is 16. The summed E-state index contributed by atoms with van der Waals surface area (Å²) in [5.74, 6) is -2.04. The number of esters is 2. The molecule has 0 bridgehead atoms. The maximum atomic E-state index is 12.9. The lowest BCUT2D eigenvalue weighted by molar-refractivity contribution is -0.870. The average Bonchev–Trinajstić information content (AvgIpc) is 3.33. The molecule has 0 heterocycles. The first-order valence-corrected chi connectivity index (χ1v) is 27.9. The van der Waals surface area contributed by atoms with Crippen molar-refractivity contribution in [2.45, 2.75) is 225 Å². The van der Waals surface area contributed by atoms with E-state index in [1.807, 2.05) is 21.1 Å². The van der Waals surface area contributed by atoms with Crippen molar-refractivity contribution in [3.05, 3.63) is 97.2 Å². The van der Waals surface area contributed by atoms with Gasteiger partial charge in [0.2, 0.25) is 0 Å². The van der Waals surface area contributed by atoms with E-state index in [-0.39, 0.29) is 38.6 Å². The van der Waals surface area contributed by atoms with Gasteiger partial charge < -0.3 is 28.5 Å². The number of rotatable bonds is 50. The van der Waals surface area contributed by atoms with E-state index in [1.165, 1.54) is 70.6 Å². The average molecular weight is 980 g/mol. The highest BCUT2D eigenvalue weighted by Crippen LogP contribution is 2.14. The highest BCUT2D eigenvalue weighted by molar-refractivity contribution is 5.71. The molecule has 0 aliphatic heterocycles. The van der Waals surface area contributed by atoms with Crippen molar-refractivity contribution in [2.75, 3.05) is 47.5 Å². The standard InChI is InChI=1S/C61H103NO8/c1-6-8-10-12-14-16-18-20-22-24-25-26-27-28-29-30-31-32-33-34-35-36-38-40-42-44-46-48-50-52-59(64)70-57(56-69-61(60(65)66)67-54-53-62(3,4)5)55-68-58(63)51-49-47-45-43-41-39-37-23-21-19-17-15-13-11-9-7-2/h8,10,14,16,20,22-23,25-26,28-29,31-32,34-35,37,57,61H,6-7,9,11-13,15,17-19,21,24,27,30,33,36,38-56H2,1-5H3/p+1/b10-8-,16-14-,22-20-,26-25-,29-28-,32-31-,35-34-,37-23-. The molecule has 2 atom stereocenters. The van der Waals surface area contributed by atoms with Gasteiger partial charge in [0.25, 0.3) is 6.29 Å². The minimum absolute atomic E-state index is 0.179. The van der Waals surface area contributed by atoms with E-state index >= 15 is 0 Å². The van der Waals surface area contributed by atoms with Crippen LogP contribution >= 0.6 is 0 Å². The van der Waals surface area contributed by atoms with Crippen molar-refractivity contribution in [1.29, 1.82) is 0 Å². The van der Waals surface area contributed by atoms with E-state index in [0.717, 1.165) is 109 Å². The number of unbranched alkanes of at least 4 members (excludes halogenated alkanes) is 19. The number of carboxylic acids is 1. The highest BCUT2D eigenvalue weighted by Gasteiger charge is 2.25. The zero-order valence-corrected chi connectivity index (χ0v) is 45.4. The van der Waals surface area contributed by atoms with Crippen molar-refractivity contribution in [3.63, 3.8) is 0 Å². The number of carbonyl (C=O) groups excluding carboxylic acids is 2. The number of likely N-dealkylation sites (N-methyl/N-ethyl adjacent to an activating group) is 1. The molecule has 400 valence electrons. The minimum atomic E-state index is -1.52. The normalized spacial score (nSPS) is 13.6. The van der Waals surface area contributed by atoms with Gasteiger partial charge in [-0.15, -0.1) is 0 Å². The topological polar surface area (TPSA) is 108 Å². The molecule has 0 saturated carbocycles. The Kier molecular flexibility index (Phi) is 48.8. The van der Waals surface area contributed by atoms with Crippen LogP contribution in [0, 0.1) is 0 Å². The van der Waals surface area contributed by atoms with Gasteiger partial charge in [0.15, 0.2) is 6.10 Å². The zero-order valence-electron chi connectivity index (χ0n) is 45.4. The highest BCUT2D eigenvalue weighted by atomic mass is 16.7. The van der Waals surface area contributed by atoms with Crippen LogP contribution in [0.1, 0.15) is 213 Å². The maximum absolute atomic E-state index is 12.9. The fourth-order valence-electron chi connectivity index (χ4n) is 7.28. The van der Waals surface area contributed by atoms with Gasteiger partial charge in [-0.05, 0) is 96.3 Å². The molecule has 2 unspecified atom stereocenters. The molecule has 0 aliphatic carbocycles. The molecule has 70 heavy (non-hydrogen) atoms. The lowest BCUT2D eigenvalue weighted by Gasteiger charge is -2.25. The predicted octanol–water partition coefficient (Wildman–Crippen LogP) is 16.2. The van der Waals surface area contributed by atoms with Crippen LogP contribution in [-0.4, -0.2) is 87.4 Å². The van der Waals surface area contributed by atoms with Gasteiger partial charge in [0.05, 0.1) is 34.4 Å². The molecule has 9 heteroatoms. The first kappa shape index (κ1) is 66.2. The van der Waals surface area contributed by atoms with Crippen molar-refractivity contribution in [3.8, 4) is 0 Å². The SMILES string of the molecule is CC/C=C\C/C=C\C/C=C\C/C=C\C/C=C\C/C=C\C/C=C\CCCCCCCCCC(=O)OC(COC(=O)CCCCCCC/C=C\CCCCCCCCC)COC(OCC[N+](C)(C)C)C(=O)O. The fourth-order valence-corrected chi connectivity index (χ4v) is 7.28. The fraction of sp³-hybridized carbons (Fsp3) is 0.689. The summed E-state index contributed by atoms with van der Waals surface area (Å²) in [4.78, 5) is 37.4. The number of hydrogen-bond acceptors (Lipinski definition) is 7. The van der Waals surface area contributed by atoms with Crippen LogP contribution in [0.2, 0.25) is 0 Å². The van der Waals surface area contributed by atoms with Crippen LogP contribution in [0.4, 0.5) is 0 Å². The number of quaternary nitrogens is 1. The van der Waals surface area contributed by atoms with E-state index < -0.39 is 24.3 Å². The molecular weight excluding hydrogens is 875 g/mol. The largest absolute Gasteiger partial charge is 0.477 e. The molecule has 0 fully saturated rings. The second kappa shape index (κ2) is 51.6. The molecule has 9 nitrogen and oxygen atoms in total. The molecule has 0 aromatic rings. The minimum Gasteiger partial charge on any atom is -0.477 e. The number of carbonyl (C=O) groups is 3. The van der Waals surface area contributed by atoms with E-state index in [2.05, 4.69) is 111 Å². The van der Waals surface area contributed by atoms with Crippen LogP contribution in [0.5, 0.6) is 0 Å². The molecule has 1 N–H and O–H groups in total. The number of hydrogen-bond donors (Lipinski definition) is 1. The third kappa shape index (κ3) is 52.0. The van der Waals surface area contributed by atoms with Crippen LogP contribution in [-0.2, 0) is 33.3 Å². The quantitative estimate of drug-likeness (QED) is 0.0211. The lowest BCUT2D eigenvalue weighted by atomic mass is 10.1. The lowest BCUT2D eigenvalue weighted by Crippen LogP contribution is -2.40. The summed E-state index contributed by atoms with van der Waals surface area (Å²) in [6, 6.07) is 0. The van der Waals surface area contributed by atoms with Gasteiger partial charge in [-0.25, -0.2) is 4.79 Å². The van der Waals surface area contributed by atoms with Crippen LogP contribution < -0.4 is 0 Å². The number of aliphatic carboxylic acids is 1. The summed E-state index contributed by atoms with van der Waals surface area (Å²) in [7, 11) is 5.95. The predicted molar refractivity (Wildman–Crippen MR) is 295 cm³/mol. The number of nitrogens with zero attached hydrogens (tertiary/aromatic N) is 1. The van der Waals surface area contributed by atoms with Gasteiger partial charge in [-0.2, -0.15) is 0 Å². The molecule has 0 rings (SSSR count). The Morgan fingerprint density at radius 3 is 1.23 bits per heavy atom.